The van der Waals surface area contributed by atoms with E-state index < -0.39 is 0 Å². The average Bonchev–Trinajstić information content (AvgIpc) is 2.73. The van der Waals surface area contributed by atoms with Crippen LogP contribution in [-0.2, 0) is 11.2 Å². The number of anilines is 1. The molecule has 0 radical (unpaired) electrons. The Morgan fingerprint density at radius 2 is 2.04 bits per heavy atom. The molecule has 3 heterocycles. The number of rotatable bonds is 4. The Balaban J connectivity index is 1.60. The third-order valence-electron chi connectivity index (χ3n) is 6.06. The molecule has 0 amide bonds. The molecule has 2 saturated heterocycles. The molecular weight excluding hydrogens is 352 g/mol. The van der Waals surface area contributed by atoms with Crippen molar-refractivity contribution in [1.82, 2.24) is 15.1 Å². The summed E-state index contributed by atoms with van der Waals surface area (Å²) < 4.78 is 6.05. The topological polar surface area (TPSA) is 61.7 Å². The van der Waals surface area contributed by atoms with Gasteiger partial charge in [-0.15, -0.1) is 10.2 Å². The lowest BCUT2D eigenvalue weighted by atomic mass is 9.97. The third kappa shape index (κ3) is 3.59. The van der Waals surface area contributed by atoms with Gasteiger partial charge in [0, 0.05) is 31.2 Å². The second-order valence-electron chi connectivity index (χ2n) is 7.99. The standard InChI is InChI=1S/C22H30N4O2/c1-4-16-6-5-7-19(27)22(16)17-8-9-21(24-23-17)26-12-13-28-20-10-11-25(15(2)3)14-18(20)26/h5-9,15,18,20,27H,4,10-14H2,1-3H3/t18-,20+/m0/s1. The normalized spacial score (nSPS) is 23.1. The molecule has 6 nitrogen and oxygen atoms in total. The van der Waals surface area contributed by atoms with Crippen molar-refractivity contribution < 1.29 is 9.84 Å². The Morgan fingerprint density at radius 3 is 2.75 bits per heavy atom. The molecule has 0 unspecified atom stereocenters. The van der Waals surface area contributed by atoms with E-state index in [1.54, 1.807) is 6.07 Å². The maximum Gasteiger partial charge on any atom is 0.151 e. The number of hydrogen-bond acceptors (Lipinski definition) is 6. The van der Waals surface area contributed by atoms with Crippen LogP contribution in [0, 0.1) is 0 Å². The Morgan fingerprint density at radius 1 is 1.18 bits per heavy atom. The number of aromatic nitrogens is 2. The first-order chi connectivity index (χ1) is 13.6. The van der Waals surface area contributed by atoms with Crippen LogP contribution in [0.15, 0.2) is 30.3 Å². The summed E-state index contributed by atoms with van der Waals surface area (Å²) >= 11 is 0. The van der Waals surface area contributed by atoms with Crippen LogP contribution in [0.4, 0.5) is 5.82 Å². The molecule has 0 spiro atoms. The fourth-order valence-corrected chi connectivity index (χ4v) is 4.44. The van der Waals surface area contributed by atoms with Gasteiger partial charge in [0.25, 0.3) is 0 Å². The van der Waals surface area contributed by atoms with Crippen molar-refractivity contribution in [2.75, 3.05) is 31.1 Å². The minimum atomic E-state index is 0.257. The number of aryl methyl sites for hydroxylation is 1. The van der Waals surface area contributed by atoms with Crippen molar-refractivity contribution in [2.24, 2.45) is 0 Å². The number of fused-ring (bicyclic) bond motifs is 1. The van der Waals surface area contributed by atoms with E-state index in [4.69, 9.17) is 4.74 Å². The number of phenolic OH excluding ortho intramolecular Hbond substituents is 1. The van der Waals surface area contributed by atoms with Gasteiger partial charge in [-0.05, 0) is 50.5 Å². The minimum Gasteiger partial charge on any atom is -0.507 e. The SMILES string of the molecule is CCc1cccc(O)c1-c1ccc(N2CCO[C@@H]3CCN(C(C)C)C[C@@H]32)nn1. The average molecular weight is 383 g/mol. The van der Waals surface area contributed by atoms with E-state index in [0.29, 0.717) is 12.1 Å². The Bertz CT molecular complexity index is 809. The molecular formula is C22H30N4O2. The van der Waals surface area contributed by atoms with E-state index in [1.807, 2.05) is 24.3 Å². The Hall–Kier alpha value is -2.18. The van der Waals surface area contributed by atoms with Gasteiger partial charge in [0.2, 0.25) is 0 Å². The van der Waals surface area contributed by atoms with Crippen LogP contribution in [0.2, 0.25) is 0 Å². The first-order valence-electron chi connectivity index (χ1n) is 10.4. The largest absolute Gasteiger partial charge is 0.507 e. The highest BCUT2D eigenvalue weighted by Gasteiger charge is 2.38. The van der Waals surface area contributed by atoms with Gasteiger partial charge < -0.3 is 14.7 Å². The van der Waals surface area contributed by atoms with Gasteiger partial charge in [-0.25, -0.2) is 0 Å². The summed E-state index contributed by atoms with van der Waals surface area (Å²) in [5.41, 5.74) is 2.58. The fraction of sp³-hybridized carbons (Fsp3) is 0.545. The predicted octanol–water partition coefficient (Wildman–Crippen LogP) is 3.10. The monoisotopic (exact) mass is 382 g/mol. The zero-order valence-electron chi connectivity index (χ0n) is 17.0. The molecule has 4 rings (SSSR count). The number of nitrogens with zero attached hydrogens (tertiary/aromatic N) is 4. The van der Waals surface area contributed by atoms with E-state index in [2.05, 4.69) is 40.8 Å². The van der Waals surface area contributed by atoms with Crippen molar-refractivity contribution in [3.05, 3.63) is 35.9 Å². The molecule has 1 N–H and O–H groups in total. The maximum absolute atomic E-state index is 10.3. The van der Waals surface area contributed by atoms with Crippen molar-refractivity contribution in [3.8, 4) is 17.0 Å². The van der Waals surface area contributed by atoms with Crippen molar-refractivity contribution >= 4 is 5.82 Å². The molecule has 2 atom stereocenters. The Kier molecular flexibility index (Phi) is 5.51. The van der Waals surface area contributed by atoms with Crippen molar-refractivity contribution in [1.29, 1.82) is 0 Å². The maximum atomic E-state index is 10.3. The first kappa shape index (κ1) is 19.2. The van der Waals surface area contributed by atoms with E-state index in [-0.39, 0.29) is 11.9 Å². The zero-order chi connectivity index (χ0) is 19.7. The van der Waals surface area contributed by atoms with Crippen LogP contribution < -0.4 is 4.90 Å². The molecule has 1 aromatic carbocycles. The molecule has 6 heteroatoms. The molecule has 1 aromatic heterocycles. The number of piperidine rings is 1. The quantitative estimate of drug-likeness (QED) is 0.877. The van der Waals surface area contributed by atoms with Crippen molar-refractivity contribution in [2.45, 2.75) is 51.8 Å². The van der Waals surface area contributed by atoms with Crippen molar-refractivity contribution in [3.63, 3.8) is 0 Å². The molecule has 2 aliphatic heterocycles. The summed E-state index contributed by atoms with van der Waals surface area (Å²) in [6.07, 6.45) is 2.16. The highest BCUT2D eigenvalue weighted by atomic mass is 16.5. The lowest BCUT2D eigenvalue weighted by molar-refractivity contribution is -0.0346. The van der Waals surface area contributed by atoms with E-state index in [9.17, 15) is 5.11 Å². The van der Waals surface area contributed by atoms with Crippen LogP contribution in [0.3, 0.4) is 0 Å². The molecule has 2 aliphatic rings. The summed E-state index contributed by atoms with van der Waals surface area (Å²) in [5, 5.41) is 19.4. The van der Waals surface area contributed by atoms with Crippen LogP contribution in [0.1, 0.15) is 32.8 Å². The van der Waals surface area contributed by atoms with Crippen LogP contribution in [-0.4, -0.2) is 64.6 Å². The van der Waals surface area contributed by atoms with Gasteiger partial charge in [0.1, 0.15) is 5.75 Å². The summed E-state index contributed by atoms with van der Waals surface area (Å²) in [6, 6.07) is 10.5. The fourth-order valence-electron chi connectivity index (χ4n) is 4.44. The van der Waals surface area contributed by atoms with E-state index in [0.717, 1.165) is 61.7 Å². The summed E-state index contributed by atoms with van der Waals surface area (Å²) in [4.78, 5) is 4.87. The van der Waals surface area contributed by atoms with Crippen LogP contribution in [0.25, 0.3) is 11.3 Å². The molecule has 0 saturated carbocycles. The van der Waals surface area contributed by atoms with Gasteiger partial charge in [-0.3, -0.25) is 4.90 Å². The molecule has 0 bridgehead atoms. The number of benzene rings is 1. The predicted molar refractivity (Wildman–Crippen MR) is 111 cm³/mol. The summed E-state index contributed by atoms with van der Waals surface area (Å²) in [7, 11) is 0. The Labute approximate surface area is 167 Å². The van der Waals surface area contributed by atoms with Gasteiger partial charge in [-0.1, -0.05) is 19.1 Å². The number of ether oxygens (including phenoxy) is 1. The van der Waals surface area contributed by atoms with Crippen LogP contribution in [0.5, 0.6) is 5.75 Å². The van der Waals surface area contributed by atoms with Crippen LogP contribution >= 0.6 is 0 Å². The van der Waals surface area contributed by atoms with Gasteiger partial charge in [0.15, 0.2) is 5.82 Å². The lowest BCUT2D eigenvalue weighted by Gasteiger charge is -2.48. The number of morpholine rings is 1. The van der Waals surface area contributed by atoms with Gasteiger partial charge in [-0.2, -0.15) is 0 Å². The first-order valence-corrected chi connectivity index (χ1v) is 10.4. The zero-order valence-corrected chi connectivity index (χ0v) is 17.0. The summed E-state index contributed by atoms with van der Waals surface area (Å²) in [5.74, 6) is 1.15. The number of likely N-dealkylation sites (tertiary alicyclic amines) is 1. The number of hydrogen-bond donors (Lipinski definition) is 1. The van der Waals surface area contributed by atoms with Gasteiger partial charge >= 0.3 is 0 Å². The molecule has 28 heavy (non-hydrogen) atoms. The van der Waals surface area contributed by atoms with E-state index in [1.165, 1.54) is 0 Å². The minimum absolute atomic E-state index is 0.257. The third-order valence-corrected chi connectivity index (χ3v) is 6.06. The highest BCUT2D eigenvalue weighted by Crippen LogP contribution is 2.33. The lowest BCUT2D eigenvalue weighted by Crippen LogP contribution is -2.61. The molecule has 2 fully saturated rings. The second-order valence-corrected chi connectivity index (χ2v) is 7.99. The molecule has 150 valence electrons. The molecule has 0 aliphatic carbocycles. The highest BCUT2D eigenvalue weighted by molar-refractivity contribution is 5.71. The molecule has 2 aromatic rings. The number of aromatic hydroxyl groups is 1. The second kappa shape index (κ2) is 8.05. The smallest absolute Gasteiger partial charge is 0.151 e. The number of phenols is 1. The summed E-state index contributed by atoms with van der Waals surface area (Å²) in [6.45, 7) is 10.2. The van der Waals surface area contributed by atoms with Gasteiger partial charge in [0.05, 0.1) is 24.4 Å². The van der Waals surface area contributed by atoms with E-state index >= 15 is 0 Å².